The number of rotatable bonds is 5. The Hall–Kier alpha value is -0.0800. The van der Waals surface area contributed by atoms with E-state index in [2.05, 4.69) is 17.1 Å². The highest BCUT2D eigenvalue weighted by Gasteiger charge is 2.43. The average molecular weight is 196 g/mol. The van der Waals surface area contributed by atoms with Crippen molar-refractivity contribution in [1.82, 2.24) is 10.2 Å². The van der Waals surface area contributed by atoms with Gasteiger partial charge in [-0.15, -0.1) is 0 Å². The minimum Gasteiger partial charge on any atom is -0.315 e. The summed E-state index contributed by atoms with van der Waals surface area (Å²) in [5, 5.41) is 3.47. The van der Waals surface area contributed by atoms with E-state index >= 15 is 0 Å². The van der Waals surface area contributed by atoms with Gasteiger partial charge in [0.2, 0.25) is 0 Å². The molecule has 2 fully saturated rings. The molecule has 1 spiro atoms. The third kappa shape index (κ3) is 2.29. The van der Waals surface area contributed by atoms with Gasteiger partial charge in [-0.1, -0.05) is 19.8 Å². The molecule has 2 aliphatic rings. The zero-order chi connectivity index (χ0) is 9.86. The third-order valence-corrected chi connectivity index (χ3v) is 3.81. The van der Waals surface area contributed by atoms with Crippen molar-refractivity contribution in [2.45, 2.75) is 39.0 Å². The maximum atomic E-state index is 3.47. The largest absolute Gasteiger partial charge is 0.315 e. The van der Waals surface area contributed by atoms with Crippen molar-refractivity contribution in [2.75, 3.05) is 32.7 Å². The molecule has 0 aromatic carbocycles. The minimum atomic E-state index is 0.782. The highest BCUT2D eigenvalue weighted by atomic mass is 15.2. The molecule has 0 amide bonds. The smallest absolute Gasteiger partial charge is 0.0107 e. The maximum absolute atomic E-state index is 3.47. The van der Waals surface area contributed by atoms with Gasteiger partial charge >= 0.3 is 0 Å². The molecule has 0 atom stereocenters. The van der Waals surface area contributed by atoms with Gasteiger partial charge < -0.3 is 10.2 Å². The second-order valence-corrected chi connectivity index (χ2v) is 5.17. The predicted molar refractivity (Wildman–Crippen MR) is 60.5 cm³/mol. The molecule has 1 saturated heterocycles. The predicted octanol–water partition coefficient (Wildman–Crippen LogP) is 1.86. The molecule has 1 N–H and O–H groups in total. The zero-order valence-corrected chi connectivity index (χ0v) is 9.52. The Labute approximate surface area is 88.1 Å². The van der Waals surface area contributed by atoms with Gasteiger partial charge in [0, 0.05) is 26.2 Å². The molecule has 82 valence electrons. The van der Waals surface area contributed by atoms with Crippen LogP contribution in [0.4, 0.5) is 0 Å². The molecule has 0 radical (unpaired) electrons. The lowest BCUT2D eigenvalue weighted by atomic mass is 9.78. The highest BCUT2D eigenvalue weighted by molar-refractivity contribution is 4.97. The molecule has 2 nitrogen and oxygen atoms in total. The van der Waals surface area contributed by atoms with Crippen LogP contribution in [0.2, 0.25) is 0 Å². The van der Waals surface area contributed by atoms with Gasteiger partial charge in [0.15, 0.2) is 0 Å². The van der Waals surface area contributed by atoms with Crippen LogP contribution >= 0.6 is 0 Å². The second-order valence-electron chi connectivity index (χ2n) is 5.17. The van der Waals surface area contributed by atoms with Crippen LogP contribution in [-0.4, -0.2) is 37.6 Å². The first-order valence-electron chi connectivity index (χ1n) is 6.28. The summed E-state index contributed by atoms with van der Waals surface area (Å²) in [5.41, 5.74) is 0.782. The van der Waals surface area contributed by atoms with Gasteiger partial charge in [0.05, 0.1) is 0 Å². The highest BCUT2D eigenvalue weighted by Crippen LogP contribution is 2.44. The Bertz CT molecular complexity index is 165. The van der Waals surface area contributed by atoms with E-state index < -0.39 is 0 Å². The van der Waals surface area contributed by atoms with Crippen LogP contribution in [-0.2, 0) is 0 Å². The summed E-state index contributed by atoms with van der Waals surface area (Å²) in [6.45, 7) is 8.64. The van der Waals surface area contributed by atoms with Crippen molar-refractivity contribution in [3.05, 3.63) is 0 Å². The first-order chi connectivity index (χ1) is 6.85. The summed E-state index contributed by atoms with van der Waals surface area (Å²) in [5.74, 6) is 0. The van der Waals surface area contributed by atoms with E-state index in [1.807, 2.05) is 0 Å². The number of likely N-dealkylation sites (tertiary alicyclic amines) is 1. The lowest BCUT2D eigenvalue weighted by molar-refractivity contribution is 0.00746. The molecule has 0 aromatic rings. The summed E-state index contributed by atoms with van der Waals surface area (Å²) in [6, 6.07) is 0. The van der Waals surface area contributed by atoms with Gasteiger partial charge in [0.25, 0.3) is 0 Å². The molecule has 2 heteroatoms. The van der Waals surface area contributed by atoms with Crippen LogP contribution in [0.15, 0.2) is 0 Å². The van der Waals surface area contributed by atoms with E-state index in [1.165, 1.54) is 64.8 Å². The fraction of sp³-hybridized carbons (Fsp3) is 1.00. The average Bonchev–Trinajstić information content (AvgIpc) is 2.59. The Morgan fingerprint density at radius 1 is 1.14 bits per heavy atom. The Kier molecular flexibility index (Phi) is 3.45. The topological polar surface area (TPSA) is 15.3 Å². The van der Waals surface area contributed by atoms with Crippen molar-refractivity contribution in [3.8, 4) is 0 Å². The second kappa shape index (κ2) is 4.63. The summed E-state index contributed by atoms with van der Waals surface area (Å²) in [4.78, 5) is 2.62. The van der Waals surface area contributed by atoms with Gasteiger partial charge in [-0.25, -0.2) is 0 Å². The molecule has 0 bridgehead atoms. The molecular formula is C12H24N2. The van der Waals surface area contributed by atoms with Gasteiger partial charge in [-0.3, -0.25) is 0 Å². The van der Waals surface area contributed by atoms with Crippen LogP contribution in [0.5, 0.6) is 0 Å². The number of hydrogen-bond donors (Lipinski definition) is 1. The fourth-order valence-corrected chi connectivity index (χ4v) is 3.04. The summed E-state index contributed by atoms with van der Waals surface area (Å²) in [7, 11) is 0. The summed E-state index contributed by atoms with van der Waals surface area (Å²) in [6.07, 6.45) is 7.24. The first-order valence-corrected chi connectivity index (χ1v) is 6.28. The Morgan fingerprint density at radius 3 is 2.50 bits per heavy atom. The molecule has 1 aliphatic carbocycles. The Balaban J connectivity index is 1.54. The van der Waals surface area contributed by atoms with Crippen molar-refractivity contribution in [2.24, 2.45) is 5.41 Å². The fourth-order valence-electron chi connectivity index (χ4n) is 3.04. The molecule has 0 aromatic heterocycles. The van der Waals surface area contributed by atoms with Gasteiger partial charge in [-0.05, 0) is 31.2 Å². The SMILES string of the molecule is CCCNCCN1CC2(CCCC2)C1. The third-order valence-electron chi connectivity index (χ3n) is 3.81. The monoisotopic (exact) mass is 196 g/mol. The maximum Gasteiger partial charge on any atom is 0.0107 e. The number of nitrogens with zero attached hydrogens (tertiary/aromatic N) is 1. The minimum absolute atomic E-state index is 0.782. The molecular weight excluding hydrogens is 172 g/mol. The molecule has 0 unspecified atom stereocenters. The van der Waals surface area contributed by atoms with Crippen LogP contribution < -0.4 is 5.32 Å². The van der Waals surface area contributed by atoms with E-state index in [1.54, 1.807) is 0 Å². The van der Waals surface area contributed by atoms with Crippen molar-refractivity contribution < 1.29 is 0 Å². The van der Waals surface area contributed by atoms with Crippen molar-refractivity contribution in [1.29, 1.82) is 0 Å². The van der Waals surface area contributed by atoms with E-state index in [0.29, 0.717) is 0 Å². The normalized spacial score (nSPS) is 25.5. The summed E-state index contributed by atoms with van der Waals surface area (Å²) < 4.78 is 0. The molecule has 1 heterocycles. The van der Waals surface area contributed by atoms with Crippen LogP contribution in [0.25, 0.3) is 0 Å². The molecule has 14 heavy (non-hydrogen) atoms. The zero-order valence-electron chi connectivity index (χ0n) is 9.52. The number of nitrogens with one attached hydrogen (secondary N) is 1. The van der Waals surface area contributed by atoms with E-state index in [0.717, 1.165) is 5.41 Å². The van der Waals surface area contributed by atoms with Crippen LogP contribution in [0.1, 0.15) is 39.0 Å². The first kappa shape index (κ1) is 10.4. The molecule has 1 aliphatic heterocycles. The van der Waals surface area contributed by atoms with Gasteiger partial charge in [-0.2, -0.15) is 0 Å². The summed E-state index contributed by atoms with van der Waals surface area (Å²) >= 11 is 0. The van der Waals surface area contributed by atoms with E-state index in [9.17, 15) is 0 Å². The quantitative estimate of drug-likeness (QED) is 0.675. The molecule has 1 saturated carbocycles. The lowest BCUT2D eigenvalue weighted by Gasteiger charge is -2.48. The molecule has 2 rings (SSSR count). The van der Waals surface area contributed by atoms with E-state index in [-0.39, 0.29) is 0 Å². The van der Waals surface area contributed by atoms with Crippen molar-refractivity contribution >= 4 is 0 Å². The lowest BCUT2D eigenvalue weighted by Crippen LogP contribution is -2.56. The Morgan fingerprint density at radius 2 is 1.86 bits per heavy atom. The van der Waals surface area contributed by atoms with Crippen molar-refractivity contribution in [3.63, 3.8) is 0 Å². The van der Waals surface area contributed by atoms with Gasteiger partial charge in [0.1, 0.15) is 0 Å². The standard InChI is InChI=1S/C12H24N2/c1-2-7-13-8-9-14-10-12(11-14)5-3-4-6-12/h13H,2-11H2,1H3. The van der Waals surface area contributed by atoms with E-state index in [4.69, 9.17) is 0 Å². The van der Waals surface area contributed by atoms with Crippen LogP contribution in [0, 0.1) is 5.41 Å². The number of hydrogen-bond acceptors (Lipinski definition) is 2. The van der Waals surface area contributed by atoms with Crippen LogP contribution in [0.3, 0.4) is 0 Å².